The molecule has 2 N–H and O–H groups in total. The first-order valence-corrected chi connectivity index (χ1v) is 3.34. The van der Waals surface area contributed by atoms with Crippen LogP contribution in [-0.4, -0.2) is 49.2 Å². The summed E-state index contributed by atoms with van der Waals surface area (Å²) in [6, 6.07) is -0.880. The lowest BCUT2D eigenvalue weighted by atomic mass is 9.87. The van der Waals surface area contributed by atoms with Crippen molar-refractivity contribution in [3.8, 4) is 0 Å². The molecule has 0 aromatic rings. The molecule has 2 radical (unpaired) electrons. The van der Waals surface area contributed by atoms with Crippen molar-refractivity contribution in [1.82, 2.24) is 0 Å². The zero-order valence-electron chi connectivity index (χ0n) is 6.52. The Morgan fingerprint density at radius 3 is 2.27 bits per heavy atom. The van der Waals surface area contributed by atoms with Crippen LogP contribution in [0.25, 0.3) is 0 Å². The Balaban J connectivity index is 2.78. The normalized spacial score (nSPS) is 51.5. The van der Waals surface area contributed by atoms with Gasteiger partial charge in [-0.25, -0.2) is 0 Å². The van der Waals surface area contributed by atoms with Gasteiger partial charge in [-0.3, -0.25) is 0 Å². The highest BCUT2D eigenvalue weighted by molar-refractivity contribution is 6.11. The summed E-state index contributed by atoms with van der Waals surface area (Å²) in [7, 11) is 6.69. The molecule has 0 aromatic heterocycles. The van der Waals surface area contributed by atoms with Gasteiger partial charge in [-0.15, -0.1) is 0 Å². The van der Waals surface area contributed by atoms with Crippen molar-refractivity contribution in [1.29, 1.82) is 0 Å². The van der Waals surface area contributed by atoms with E-state index in [1.165, 1.54) is 14.0 Å². The van der Waals surface area contributed by atoms with Gasteiger partial charge in [-0.1, -0.05) is 0 Å². The maximum Gasteiger partial charge on any atom is 0.185 e. The molecule has 0 aliphatic carbocycles. The van der Waals surface area contributed by atoms with E-state index in [9.17, 15) is 10.2 Å². The lowest BCUT2D eigenvalue weighted by Crippen LogP contribution is -2.47. The lowest BCUT2D eigenvalue weighted by molar-refractivity contribution is -0.178. The van der Waals surface area contributed by atoms with Crippen LogP contribution < -0.4 is 0 Å². The molecule has 4 unspecified atom stereocenters. The summed E-state index contributed by atoms with van der Waals surface area (Å²) >= 11 is 0. The molecule has 1 fully saturated rings. The van der Waals surface area contributed by atoms with E-state index in [1.807, 2.05) is 0 Å². The summed E-state index contributed by atoms with van der Waals surface area (Å²) in [5.41, 5.74) is -1.11. The predicted octanol–water partition coefficient (Wildman–Crippen LogP) is -1.40. The van der Waals surface area contributed by atoms with E-state index < -0.39 is 24.0 Å². The second-order valence-corrected chi connectivity index (χ2v) is 2.79. The fourth-order valence-corrected chi connectivity index (χ4v) is 1.05. The van der Waals surface area contributed by atoms with Gasteiger partial charge >= 0.3 is 0 Å². The van der Waals surface area contributed by atoms with Crippen LogP contribution in [0.3, 0.4) is 0 Å². The molecule has 1 rings (SSSR count). The minimum Gasteiger partial charge on any atom is -0.388 e. The van der Waals surface area contributed by atoms with Crippen LogP contribution in [-0.2, 0) is 9.47 Å². The third kappa shape index (κ3) is 1.18. The maximum atomic E-state index is 9.35. The first-order valence-electron chi connectivity index (χ1n) is 3.34. The molecule has 5 heteroatoms. The quantitative estimate of drug-likeness (QED) is 0.460. The zero-order valence-corrected chi connectivity index (χ0v) is 6.52. The number of methoxy groups -OCH3 is 1. The molecule has 0 saturated carbocycles. The lowest BCUT2D eigenvalue weighted by Gasteiger charge is -2.27. The van der Waals surface area contributed by atoms with Gasteiger partial charge in [0.05, 0.1) is 0 Å². The molecule has 0 amide bonds. The Kier molecular flexibility index (Phi) is 2.25. The fraction of sp³-hybridized carbons (Fsp3) is 1.00. The topological polar surface area (TPSA) is 58.9 Å². The predicted molar refractivity (Wildman–Crippen MR) is 38.1 cm³/mol. The molecule has 4 atom stereocenters. The van der Waals surface area contributed by atoms with Crippen LogP contribution in [0.5, 0.6) is 0 Å². The minimum atomic E-state index is -1.17. The maximum absolute atomic E-state index is 9.35. The Labute approximate surface area is 66.5 Å². The van der Waals surface area contributed by atoms with Gasteiger partial charge in [-0.05, 0) is 6.92 Å². The largest absolute Gasteiger partial charge is 0.388 e. The van der Waals surface area contributed by atoms with E-state index in [-0.39, 0.29) is 0 Å². The van der Waals surface area contributed by atoms with Gasteiger partial charge in [0.25, 0.3) is 0 Å². The molecule has 1 aliphatic heterocycles. The number of aliphatic hydroxyl groups excluding tert-OH is 2. The van der Waals surface area contributed by atoms with Gasteiger partial charge in [0.15, 0.2) is 6.29 Å². The fourth-order valence-electron chi connectivity index (χ4n) is 1.05. The standard InChI is InChI=1S/C6H11BO4/c1-6(10-2)3(8)4(7)11-5(6)9/h3-5,8-9H,1-2H3. The van der Waals surface area contributed by atoms with E-state index in [2.05, 4.69) is 0 Å². The van der Waals surface area contributed by atoms with E-state index in [0.29, 0.717) is 0 Å². The van der Waals surface area contributed by atoms with Crippen molar-refractivity contribution < 1.29 is 19.7 Å². The highest BCUT2D eigenvalue weighted by Crippen LogP contribution is 2.30. The van der Waals surface area contributed by atoms with Gasteiger partial charge in [0.1, 0.15) is 19.6 Å². The summed E-state index contributed by atoms with van der Waals surface area (Å²) in [4.78, 5) is 0. The first kappa shape index (κ1) is 9.00. The number of aliphatic hydroxyl groups is 2. The first-order chi connectivity index (χ1) is 5.02. The van der Waals surface area contributed by atoms with Crippen LogP contribution in [0.4, 0.5) is 0 Å². The average Bonchev–Trinajstić information content (AvgIpc) is 2.16. The van der Waals surface area contributed by atoms with E-state index in [1.54, 1.807) is 0 Å². The second kappa shape index (κ2) is 2.75. The highest BCUT2D eigenvalue weighted by atomic mass is 16.7. The molecule has 1 saturated heterocycles. The monoisotopic (exact) mass is 158 g/mol. The molecular formula is C6H11BO4. The molecular weight excluding hydrogens is 147 g/mol. The smallest absolute Gasteiger partial charge is 0.185 e. The third-order valence-corrected chi connectivity index (χ3v) is 2.11. The van der Waals surface area contributed by atoms with Crippen molar-refractivity contribution in [2.45, 2.75) is 30.9 Å². The minimum absolute atomic E-state index is 0.880. The Hall–Kier alpha value is -0.0951. The summed E-state index contributed by atoms with van der Waals surface area (Å²) in [6.45, 7) is 1.54. The number of hydrogen-bond donors (Lipinski definition) is 2. The summed E-state index contributed by atoms with van der Waals surface area (Å²) < 4.78 is 9.63. The molecule has 62 valence electrons. The number of hydrogen-bond acceptors (Lipinski definition) is 4. The molecule has 0 spiro atoms. The van der Waals surface area contributed by atoms with Gasteiger partial charge in [-0.2, -0.15) is 0 Å². The zero-order chi connectivity index (χ0) is 8.65. The summed E-state index contributed by atoms with van der Waals surface area (Å²) in [6.07, 6.45) is -2.17. The van der Waals surface area contributed by atoms with Crippen molar-refractivity contribution in [2.24, 2.45) is 0 Å². The Morgan fingerprint density at radius 1 is 1.55 bits per heavy atom. The van der Waals surface area contributed by atoms with Crippen LogP contribution >= 0.6 is 0 Å². The van der Waals surface area contributed by atoms with Gasteiger partial charge in [0.2, 0.25) is 0 Å². The Morgan fingerprint density at radius 2 is 2.09 bits per heavy atom. The van der Waals surface area contributed by atoms with Gasteiger partial charge < -0.3 is 19.7 Å². The number of ether oxygens (including phenoxy) is 2. The van der Waals surface area contributed by atoms with Crippen LogP contribution in [0, 0.1) is 0 Å². The van der Waals surface area contributed by atoms with E-state index in [4.69, 9.17) is 17.3 Å². The van der Waals surface area contributed by atoms with Crippen molar-refractivity contribution in [2.75, 3.05) is 7.11 Å². The van der Waals surface area contributed by atoms with Crippen molar-refractivity contribution in [3.63, 3.8) is 0 Å². The summed E-state index contributed by atoms with van der Waals surface area (Å²) in [5.74, 6) is 0. The molecule has 4 nitrogen and oxygen atoms in total. The Bertz CT molecular complexity index is 154. The second-order valence-electron chi connectivity index (χ2n) is 2.79. The third-order valence-electron chi connectivity index (χ3n) is 2.11. The molecule has 0 bridgehead atoms. The van der Waals surface area contributed by atoms with Crippen molar-refractivity contribution in [3.05, 3.63) is 0 Å². The highest BCUT2D eigenvalue weighted by Gasteiger charge is 2.50. The van der Waals surface area contributed by atoms with E-state index >= 15 is 0 Å². The average molecular weight is 158 g/mol. The molecule has 1 aliphatic rings. The number of rotatable bonds is 1. The van der Waals surface area contributed by atoms with Gasteiger partial charge in [0, 0.05) is 13.1 Å². The molecule has 1 heterocycles. The molecule has 11 heavy (non-hydrogen) atoms. The van der Waals surface area contributed by atoms with Crippen molar-refractivity contribution >= 4 is 7.85 Å². The van der Waals surface area contributed by atoms with Crippen LogP contribution in [0.1, 0.15) is 6.92 Å². The SMILES string of the molecule is [B]C1OC(O)C(C)(OC)C1O. The van der Waals surface area contributed by atoms with Crippen LogP contribution in [0.2, 0.25) is 0 Å². The summed E-state index contributed by atoms with van der Waals surface area (Å²) in [5, 5.41) is 18.6. The van der Waals surface area contributed by atoms with E-state index in [0.717, 1.165) is 0 Å². The van der Waals surface area contributed by atoms with Crippen LogP contribution in [0.15, 0.2) is 0 Å². The molecule has 0 aromatic carbocycles.